The third-order valence-electron chi connectivity index (χ3n) is 5.64. The van der Waals surface area contributed by atoms with Gasteiger partial charge in [-0.15, -0.1) is 0 Å². The number of para-hydroxylation sites is 1. The molecule has 2 aromatic carbocycles. The molecule has 0 spiro atoms. The van der Waals surface area contributed by atoms with Gasteiger partial charge in [0.05, 0.1) is 30.4 Å². The highest BCUT2D eigenvalue weighted by molar-refractivity contribution is 5.68. The highest BCUT2D eigenvalue weighted by atomic mass is 16.3. The topological polar surface area (TPSA) is 41.3 Å². The number of hydrogen-bond acceptors (Lipinski definition) is 3. The Morgan fingerprint density at radius 1 is 1.04 bits per heavy atom. The van der Waals surface area contributed by atoms with Crippen molar-refractivity contribution in [2.75, 3.05) is 18.0 Å². The number of fused-ring (bicyclic) bond motifs is 3. The quantitative estimate of drug-likeness (QED) is 0.797. The van der Waals surface area contributed by atoms with Crippen molar-refractivity contribution in [2.45, 2.75) is 18.6 Å². The Morgan fingerprint density at radius 2 is 1.80 bits per heavy atom. The van der Waals surface area contributed by atoms with E-state index in [1.807, 2.05) is 18.6 Å². The summed E-state index contributed by atoms with van der Waals surface area (Å²) >= 11 is 0. The first-order valence-corrected chi connectivity index (χ1v) is 8.90. The molecule has 1 aromatic heterocycles. The molecule has 126 valence electrons. The van der Waals surface area contributed by atoms with Crippen LogP contribution in [0.25, 0.3) is 11.3 Å². The molecule has 4 heteroatoms. The van der Waals surface area contributed by atoms with E-state index in [0.717, 1.165) is 25.2 Å². The molecule has 1 N–H and O–H groups in total. The van der Waals surface area contributed by atoms with Gasteiger partial charge in [-0.2, -0.15) is 0 Å². The molecule has 3 heterocycles. The number of rotatable bonds is 4. The zero-order valence-corrected chi connectivity index (χ0v) is 14.0. The van der Waals surface area contributed by atoms with Crippen LogP contribution in [0.3, 0.4) is 0 Å². The third-order valence-corrected chi connectivity index (χ3v) is 5.64. The van der Waals surface area contributed by atoms with Gasteiger partial charge in [-0.1, -0.05) is 42.5 Å². The lowest BCUT2D eigenvalue weighted by atomic mass is 9.87. The molecule has 0 amide bonds. The standard InChI is InChI=1S/C21H21N3O/c25-21(15-12-23(13-15)16-6-2-1-3-7-16)10-19-17-8-4-5-9-18(17)20-11-22-14-24(19)20/h1-9,11,14-15,19,21,25H,10,12-13H2. The fourth-order valence-electron chi connectivity index (χ4n) is 4.20. The van der Waals surface area contributed by atoms with Crippen molar-refractivity contribution in [3.05, 3.63) is 72.7 Å². The number of imidazole rings is 1. The molecular weight excluding hydrogens is 310 g/mol. The summed E-state index contributed by atoms with van der Waals surface area (Å²) < 4.78 is 2.21. The number of hydrogen-bond donors (Lipinski definition) is 1. The lowest BCUT2D eigenvalue weighted by Gasteiger charge is -2.44. The van der Waals surface area contributed by atoms with E-state index in [1.165, 1.54) is 16.8 Å². The molecule has 4 nitrogen and oxygen atoms in total. The summed E-state index contributed by atoms with van der Waals surface area (Å²) in [6.07, 6.45) is 4.26. The van der Waals surface area contributed by atoms with E-state index in [2.05, 4.69) is 63.0 Å². The molecule has 1 saturated heterocycles. The van der Waals surface area contributed by atoms with E-state index in [9.17, 15) is 5.11 Å². The Hall–Kier alpha value is -2.59. The second kappa shape index (κ2) is 5.74. The minimum atomic E-state index is -0.300. The van der Waals surface area contributed by atoms with Gasteiger partial charge in [-0.3, -0.25) is 0 Å². The Morgan fingerprint density at radius 3 is 2.64 bits per heavy atom. The fourth-order valence-corrected chi connectivity index (χ4v) is 4.20. The van der Waals surface area contributed by atoms with Crippen LogP contribution >= 0.6 is 0 Å². The highest BCUT2D eigenvalue weighted by Crippen LogP contribution is 2.42. The molecule has 2 atom stereocenters. The predicted octanol–water partition coefficient (Wildman–Crippen LogP) is 3.34. The molecule has 0 radical (unpaired) electrons. The van der Waals surface area contributed by atoms with Crippen LogP contribution in [0.15, 0.2) is 67.1 Å². The van der Waals surface area contributed by atoms with Crippen LogP contribution in [0, 0.1) is 5.92 Å². The second-order valence-electron chi connectivity index (χ2n) is 7.09. The van der Waals surface area contributed by atoms with Crippen LogP contribution in [-0.2, 0) is 0 Å². The van der Waals surface area contributed by atoms with Gasteiger partial charge < -0.3 is 14.6 Å². The maximum absolute atomic E-state index is 10.8. The van der Waals surface area contributed by atoms with Crippen molar-refractivity contribution >= 4 is 5.69 Å². The van der Waals surface area contributed by atoms with Gasteiger partial charge in [0.1, 0.15) is 0 Å². The van der Waals surface area contributed by atoms with Crippen LogP contribution < -0.4 is 4.90 Å². The summed E-state index contributed by atoms with van der Waals surface area (Å²) in [7, 11) is 0. The highest BCUT2D eigenvalue weighted by Gasteiger charge is 2.36. The number of aliphatic hydroxyl groups excluding tert-OH is 1. The smallest absolute Gasteiger partial charge is 0.0956 e. The van der Waals surface area contributed by atoms with Gasteiger partial charge in [0.2, 0.25) is 0 Å². The van der Waals surface area contributed by atoms with Crippen molar-refractivity contribution in [3.63, 3.8) is 0 Å². The number of anilines is 1. The van der Waals surface area contributed by atoms with Crippen molar-refractivity contribution in [1.82, 2.24) is 9.55 Å². The molecule has 2 aliphatic rings. The van der Waals surface area contributed by atoms with E-state index in [-0.39, 0.29) is 12.1 Å². The summed E-state index contributed by atoms with van der Waals surface area (Å²) in [5.74, 6) is 0.333. The summed E-state index contributed by atoms with van der Waals surface area (Å²) in [6, 6.07) is 19.1. The average molecular weight is 331 g/mol. The predicted molar refractivity (Wildman–Crippen MR) is 98.6 cm³/mol. The minimum absolute atomic E-state index is 0.189. The summed E-state index contributed by atoms with van der Waals surface area (Å²) in [4.78, 5) is 6.64. The Balaban J connectivity index is 1.30. The van der Waals surface area contributed by atoms with Crippen LogP contribution in [0.4, 0.5) is 5.69 Å². The zero-order chi connectivity index (χ0) is 16.8. The third kappa shape index (κ3) is 2.36. The first-order chi connectivity index (χ1) is 12.3. The van der Waals surface area contributed by atoms with Crippen LogP contribution in [0.5, 0.6) is 0 Å². The molecule has 3 aromatic rings. The molecule has 0 bridgehead atoms. The number of aliphatic hydroxyl groups is 1. The van der Waals surface area contributed by atoms with Gasteiger partial charge in [-0.25, -0.2) is 4.98 Å². The largest absolute Gasteiger partial charge is 0.393 e. The van der Waals surface area contributed by atoms with E-state index in [1.54, 1.807) is 0 Å². The molecule has 5 rings (SSSR count). The van der Waals surface area contributed by atoms with Gasteiger partial charge in [0.25, 0.3) is 0 Å². The molecule has 25 heavy (non-hydrogen) atoms. The van der Waals surface area contributed by atoms with Crippen LogP contribution in [0.2, 0.25) is 0 Å². The monoisotopic (exact) mass is 331 g/mol. The van der Waals surface area contributed by atoms with Gasteiger partial charge in [0.15, 0.2) is 0 Å². The Bertz CT molecular complexity index is 883. The fraction of sp³-hybridized carbons (Fsp3) is 0.286. The lowest BCUT2D eigenvalue weighted by molar-refractivity contribution is 0.0737. The first kappa shape index (κ1) is 14.7. The number of nitrogens with zero attached hydrogens (tertiary/aromatic N) is 3. The van der Waals surface area contributed by atoms with E-state index < -0.39 is 0 Å². The normalized spacial score (nSPS) is 20.0. The van der Waals surface area contributed by atoms with Crippen LogP contribution in [-0.4, -0.2) is 33.9 Å². The SMILES string of the molecule is OC(CC1c2ccccc2-c2cncn21)C1CN(c2ccccc2)C1. The van der Waals surface area contributed by atoms with Crippen LogP contribution in [0.1, 0.15) is 18.0 Å². The van der Waals surface area contributed by atoms with Gasteiger partial charge in [-0.05, 0) is 24.1 Å². The zero-order valence-electron chi connectivity index (χ0n) is 14.0. The molecule has 0 aliphatic carbocycles. The van der Waals surface area contributed by atoms with Gasteiger partial charge >= 0.3 is 0 Å². The maximum atomic E-state index is 10.8. The molecular formula is C21H21N3O. The van der Waals surface area contributed by atoms with Gasteiger partial charge in [0, 0.05) is 30.3 Å². The van der Waals surface area contributed by atoms with Crippen molar-refractivity contribution < 1.29 is 5.11 Å². The summed E-state index contributed by atoms with van der Waals surface area (Å²) in [5.41, 5.74) is 4.95. The molecule has 0 saturated carbocycles. The number of benzene rings is 2. The molecule has 1 fully saturated rings. The van der Waals surface area contributed by atoms with Crippen molar-refractivity contribution in [1.29, 1.82) is 0 Å². The Labute approximate surface area is 147 Å². The Kier molecular flexibility index (Phi) is 3.38. The summed E-state index contributed by atoms with van der Waals surface area (Å²) in [6.45, 7) is 1.85. The van der Waals surface area contributed by atoms with E-state index >= 15 is 0 Å². The lowest BCUT2D eigenvalue weighted by Crippen LogP contribution is -2.52. The number of aromatic nitrogens is 2. The molecule has 2 unspecified atom stereocenters. The average Bonchev–Trinajstić information content (AvgIpc) is 3.18. The minimum Gasteiger partial charge on any atom is -0.393 e. The molecule has 2 aliphatic heterocycles. The van der Waals surface area contributed by atoms with E-state index in [0.29, 0.717) is 5.92 Å². The van der Waals surface area contributed by atoms with Crippen molar-refractivity contribution in [3.8, 4) is 11.3 Å². The summed E-state index contributed by atoms with van der Waals surface area (Å²) in [5, 5.41) is 10.8. The van der Waals surface area contributed by atoms with Crippen molar-refractivity contribution in [2.24, 2.45) is 5.92 Å². The maximum Gasteiger partial charge on any atom is 0.0956 e. The van der Waals surface area contributed by atoms with E-state index in [4.69, 9.17) is 0 Å². The first-order valence-electron chi connectivity index (χ1n) is 8.90. The second-order valence-corrected chi connectivity index (χ2v) is 7.09.